The number of nitrogens with one attached hydrogen (secondary N) is 1. The first-order chi connectivity index (χ1) is 8.06. The van der Waals surface area contributed by atoms with Crippen molar-refractivity contribution in [2.45, 2.75) is 12.8 Å². The predicted molar refractivity (Wildman–Crippen MR) is 64.5 cm³/mol. The van der Waals surface area contributed by atoms with Crippen molar-refractivity contribution >= 4 is 17.5 Å². The number of hydrogen-bond acceptors (Lipinski definition) is 2. The Morgan fingerprint density at radius 2 is 2.24 bits per heavy atom. The van der Waals surface area contributed by atoms with Crippen molar-refractivity contribution in [1.82, 2.24) is 5.32 Å². The number of benzene rings is 1. The van der Waals surface area contributed by atoms with Gasteiger partial charge in [-0.05, 0) is 37.6 Å². The Labute approximate surface area is 104 Å². The highest BCUT2D eigenvalue weighted by molar-refractivity contribution is 6.31. The Morgan fingerprint density at radius 3 is 2.76 bits per heavy atom. The summed E-state index contributed by atoms with van der Waals surface area (Å²) in [5.41, 5.74) is 6.06. The fourth-order valence-corrected chi connectivity index (χ4v) is 1.82. The lowest BCUT2D eigenvalue weighted by molar-refractivity contribution is 0.0945. The van der Waals surface area contributed by atoms with Gasteiger partial charge >= 0.3 is 0 Å². The fraction of sp³-hybridized carbons (Fsp3) is 0.417. The first-order valence-electron chi connectivity index (χ1n) is 5.50. The lowest BCUT2D eigenvalue weighted by Crippen LogP contribution is -2.33. The highest BCUT2D eigenvalue weighted by atomic mass is 35.5. The number of rotatable bonds is 4. The minimum Gasteiger partial charge on any atom is -0.351 e. The van der Waals surface area contributed by atoms with Gasteiger partial charge in [0, 0.05) is 17.5 Å². The van der Waals surface area contributed by atoms with Gasteiger partial charge in [-0.1, -0.05) is 11.6 Å². The molecule has 17 heavy (non-hydrogen) atoms. The van der Waals surface area contributed by atoms with Crippen LogP contribution < -0.4 is 11.1 Å². The van der Waals surface area contributed by atoms with E-state index in [1.54, 1.807) is 0 Å². The van der Waals surface area contributed by atoms with Crippen molar-refractivity contribution in [1.29, 1.82) is 0 Å². The molecule has 1 fully saturated rings. The zero-order valence-electron chi connectivity index (χ0n) is 9.30. The van der Waals surface area contributed by atoms with Crippen molar-refractivity contribution < 1.29 is 9.18 Å². The molecule has 1 saturated carbocycles. The smallest absolute Gasteiger partial charge is 0.251 e. The quantitative estimate of drug-likeness (QED) is 0.865. The minimum atomic E-state index is -0.524. The molecule has 0 atom stereocenters. The molecule has 0 saturated heterocycles. The Bertz CT molecular complexity index is 446. The summed E-state index contributed by atoms with van der Waals surface area (Å²) in [5.74, 6) is -0.768. The molecule has 1 aromatic rings. The van der Waals surface area contributed by atoms with Crippen LogP contribution in [0.4, 0.5) is 4.39 Å². The maximum Gasteiger partial charge on any atom is 0.251 e. The number of carbonyl (C=O) groups excluding carboxylic acids is 1. The summed E-state index contributed by atoms with van der Waals surface area (Å²) in [6.45, 7) is 1.15. The van der Waals surface area contributed by atoms with Gasteiger partial charge in [-0.15, -0.1) is 0 Å². The van der Waals surface area contributed by atoms with E-state index in [0.717, 1.165) is 12.8 Å². The summed E-state index contributed by atoms with van der Waals surface area (Å²) >= 11 is 5.61. The van der Waals surface area contributed by atoms with Crippen LogP contribution in [0.15, 0.2) is 18.2 Å². The van der Waals surface area contributed by atoms with E-state index in [0.29, 0.717) is 18.7 Å². The van der Waals surface area contributed by atoms with Crippen LogP contribution in [-0.2, 0) is 0 Å². The highest BCUT2D eigenvalue weighted by Crippen LogP contribution is 2.43. The van der Waals surface area contributed by atoms with E-state index in [1.807, 2.05) is 0 Å². The number of hydrogen-bond donors (Lipinski definition) is 2. The van der Waals surface area contributed by atoms with Gasteiger partial charge in [0.25, 0.3) is 5.91 Å². The first kappa shape index (κ1) is 12.3. The summed E-state index contributed by atoms with van der Waals surface area (Å²) in [7, 11) is 0. The Morgan fingerprint density at radius 1 is 1.53 bits per heavy atom. The zero-order valence-corrected chi connectivity index (χ0v) is 10.1. The van der Waals surface area contributed by atoms with Crippen LogP contribution in [0.5, 0.6) is 0 Å². The third-order valence-electron chi connectivity index (χ3n) is 3.20. The standard InChI is InChI=1S/C12H14ClFN2O/c13-9-5-8(1-2-10(9)14)11(17)16-7-12(6-15)3-4-12/h1-2,5H,3-4,6-7,15H2,(H,16,17). The molecule has 1 amide bonds. The molecule has 1 aliphatic rings. The molecule has 3 N–H and O–H groups in total. The SMILES string of the molecule is NCC1(CNC(=O)c2ccc(F)c(Cl)c2)CC1. The average molecular weight is 257 g/mol. The third-order valence-corrected chi connectivity index (χ3v) is 3.49. The van der Waals surface area contributed by atoms with Crippen LogP contribution in [0, 0.1) is 11.2 Å². The second-order valence-electron chi connectivity index (χ2n) is 4.52. The van der Waals surface area contributed by atoms with E-state index in [2.05, 4.69) is 5.32 Å². The van der Waals surface area contributed by atoms with E-state index in [9.17, 15) is 9.18 Å². The van der Waals surface area contributed by atoms with E-state index >= 15 is 0 Å². The van der Waals surface area contributed by atoms with Crippen LogP contribution in [0.1, 0.15) is 23.2 Å². The van der Waals surface area contributed by atoms with Crippen molar-refractivity contribution in [2.24, 2.45) is 11.1 Å². The van der Waals surface area contributed by atoms with Crippen molar-refractivity contribution in [3.63, 3.8) is 0 Å². The molecule has 5 heteroatoms. The van der Waals surface area contributed by atoms with Gasteiger partial charge in [-0.2, -0.15) is 0 Å². The monoisotopic (exact) mass is 256 g/mol. The fourth-order valence-electron chi connectivity index (χ4n) is 1.64. The second-order valence-corrected chi connectivity index (χ2v) is 4.92. The molecule has 0 aromatic heterocycles. The number of halogens is 2. The molecule has 1 aromatic carbocycles. The molecule has 3 nitrogen and oxygen atoms in total. The van der Waals surface area contributed by atoms with Gasteiger partial charge in [0.2, 0.25) is 0 Å². The van der Waals surface area contributed by atoms with Gasteiger partial charge in [0.15, 0.2) is 0 Å². The number of amides is 1. The van der Waals surface area contributed by atoms with Gasteiger partial charge in [-0.3, -0.25) is 4.79 Å². The van der Waals surface area contributed by atoms with Crippen LogP contribution in [0.3, 0.4) is 0 Å². The average Bonchev–Trinajstić information content (AvgIpc) is 3.10. The summed E-state index contributed by atoms with van der Waals surface area (Å²) in [6.07, 6.45) is 2.10. The summed E-state index contributed by atoms with van der Waals surface area (Å²) in [4.78, 5) is 11.8. The lowest BCUT2D eigenvalue weighted by atomic mass is 10.1. The van der Waals surface area contributed by atoms with Gasteiger partial charge in [0.05, 0.1) is 5.02 Å². The molecule has 1 aliphatic carbocycles. The van der Waals surface area contributed by atoms with Crippen molar-refractivity contribution in [3.8, 4) is 0 Å². The molecular weight excluding hydrogens is 243 g/mol. The number of carbonyl (C=O) groups is 1. The van der Waals surface area contributed by atoms with E-state index < -0.39 is 5.82 Å². The summed E-state index contributed by atoms with van der Waals surface area (Å²) < 4.78 is 12.9. The molecule has 0 aliphatic heterocycles. The Balaban J connectivity index is 1.97. The van der Waals surface area contributed by atoms with Crippen molar-refractivity contribution in [3.05, 3.63) is 34.6 Å². The van der Waals surface area contributed by atoms with E-state index in [1.165, 1.54) is 18.2 Å². The maximum absolute atomic E-state index is 12.9. The van der Waals surface area contributed by atoms with Gasteiger partial charge < -0.3 is 11.1 Å². The van der Waals surface area contributed by atoms with Crippen LogP contribution in [0.2, 0.25) is 5.02 Å². The predicted octanol–water partition coefficient (Wildman–Crippen LogP) is 1.95. The molecule has 0 unspecified atom stereocenters. The molecular formula is C12H14ClFN2O. The molecule has 2 rings (SSSR count). The van der Waals surface area contributed by atoms with Gasteiger partial charge in [0.1, 0.15) is 5.82 Å². The third kappa shape index (κ3) is 2.76. The molecule has 0 radical (unpaired) electrons. The van der Waals surface area contributed by atoms with E-state index in [4.69, 9.17) is 17.3 Å². The molecule has 0 heterocycles. The normalized spacial score (nSPS) is 16.6. The topological polar surface area (TPSA) is 55.1 Å². The Kier molecular flexibility index (Phi) is 3.35. The van der Waals surface area contributed by atoms with Crippen LogP contribution >= 0.6 is 11.6 Å². The number of nitrogens with two attached hydrogens (primary N) is 1. The molecule has 92 valence electrons. The minimum absolute atomic E-state index is 0.0439. The summed E-state index contributed by atoms with van der Waals surface area (Å²) in [6, 6.07) is 3.93. The zero-order chi connectivity index (χ0) is 12.5. The van der Waals surface area contributed by atoms with Crippen LogP contribution in [-0.4, -0.2) is 19.0 Å². The lowest BCUT2D eigenvalue weighted by Gasteiger charge is -2.13. The largest absolute Gasteiger partial charge is 0.351 e. The summed E-state index contributed by atoms with van der Waals surface area (Å²) in [5, 5.41) is 2.76. The first-order valence-corrected chi connectivity index (χ1v) is 5.87. The highest BCUT2D eigenvalue weighted by Gasteiger charge is 2.41. The Hall–Kier alpha value is -1.13. The molecule has 0 spiro atoms. The molecule has 0 bridgehead atoms. The van der Waals surface area contributed by atoms with Gasteiger partial charge in [-0.25, -0.2) is 4.39 Å². The maximum atomic E-state index is 12.9. The van der Waals surface area contributed by atoms with Crippen LogP contribution in [0.25, 0.3) is 0 Å². The van der Waals surface area contributed by atoms with Crippen molar-refractivity contribution in [2.75, 3.05) is 13.1 Å². The second kappa shape index (κ2) is 4.63. The van der Waals surface area contributed by atoms with E-state index in [-0.39, 0.29) is 16.3 Å².